The molecule has 1 aromatic heterocycles. The molecule has 5 nitrogen and oxygen atoms in total. The number of halogens is 1. The van der Waals surface area contributed by atoms with Crippen LogP contribution in [0.2, 0.25) is 5.02 Å². The van der Waals surface area contributed by atoms with Gasteiger partial charge in [0.05, 0.1) is 11.9 Å². The fraction of sp³-hybridized carbons (Fsp3) is 0.273. The van der Waals surface area contributed by atoms with E-state index >= 15 is 0 Å². The minimum atomic E-state index is -0.138. The summed E-state index contributed by atoms with van der Waals surface area (Å²) in [4.78, 5) is 7.12. The summed E-state index contributed by atoms with van der Waals surface area (Å²) in [6.07, 6.45) is 6.11. The van der Waals surface area contributed by atoms with Gasteiger partial charge in [0.25, 0.3) is 0 Å². The van der Waals surface area contributed by atoms with Gasteiger partial charge in [0.15, 0.2) is 0 Å². The lowest BCUT2D eigenvalue weighted by Gasteiger charge is -2.20. The Labute approximate surface area is 170 Å². The summed E-state index contributed by atoms with van der Waals surface area (Å²) in [6, 6.07) is 17.3. The molecule has 28 heavy (non-hydrogen) atoms. The highest BCUT2D eigenvalue weighted by Crippen LogP contribution is 2.30. The first-order chi connectivity index (χ1) is 13.8. The molecule has 0 radical (unpaired) electrons. The van der Waals surface area contributed by atoms with Gasteiger partial charge in [-0.2, -0.15) is 5.26 Å². The van der Waals surface area contributed by atoms with Gasteiger partial charge in [0.1, 0.15) is 17.9 Å². The van der Waals surface area contributed by atoms with E-state index < -0.39 is 0 Å². The monoisotopic (exact) mass is 394 g/mol. The number of ether oxygens (including phenoxy) is 1. The first-order valence-corrected chi connectivity index (χ1v) is 9.73. The SMILES string of the molecule is N#Cc1ccc(Cl)cc1O[C@H](CCCNCCc1cnc[nH]1)c1ccccc1. The number of nitrogens with zero attached hydrogens (tertiary/aromatic N) is 2. The van der Waals surface area contributed by atoms with Crippen molar-refractivity contribution in [1.82, 2.24) is 15.3 Å². The molecule has 0 saturated heterocycles. The predicted octanol–water partition coefficient (Wildman–Crippen LogP) is 4.67. The summed E-state index contributed by atoms with van der Waals surface area (Å²) in [5.41, 5.74) is 2.70. The van der Waals surface area contributed by atoms with E-state index in [1.807, 2.05) is 36.5 Å². The maximum Gasteiger partial charge on any atom is 0.139 e. The van der Waals surface area contributed by atoms with E-state index in [2.05, 4.69) is 21.4 Å². The number of benzene rings is 2. The topological polar surface area (TPSA) is 73.7 Å². The Hall–Kier alpha value is -2.81. The maximum absolute atomic E-state index is 9.35. The number of imidazole rings is 1. The molecule has 0 bridgehead atoms. The van der Waals surface area contributed by atoms with Crippen molar-refractivity contribution < 1.29 is 4.74 Å². The van der Waals surface area contributed by atoms with E-state index in [4.69, 9.17) is 16.3 Å². The van der Waals surface area contributed by atoms with E-state index in [1.165, 1.54) is 0 Å². The third kappa shape index (κ3) is 5.85. The normalized spacial score (nSPS) is 11.7. The third-order valence-electron chi connectivity index (χ3n) is 4.45. The second kappa shape index (κ2) is 10.5. The van der Waals surface area contributed by atoms with Crippen LogP contribution in [0.5, 0.6) is 5.75 Å². The molecule has 0 spiro atoms. The van der Waals surface area contributed by atoms with Gasteiger partial charge < -0.3 is 15.0 Å². The van der Waals surface area contributed by atoms with E-state index in [0.717, 1.165) is 43.6 Å². The lowest BCUT2D eigenvalue weighted by molar-refractivity contribution is 0.191. The highest BCUT2D eigenvalue weighted by molar-refractivity contribution is 6.30. The second-order valence-electron chi connectivity index (χ2n) is 6.49. The Morgan fingerprint density at radius 3 is 2.79 bits per heavy atom. The smallest absolute Gasteiger partial charge is 0.139 e. The fourth-order valence-electron chi connectivity index (χ4n) is 2.98. The summed E-state index contributed by atoms with van der Waals surface area (Å²) < 4.78 is 6.22. The Bertz CT molecular complexity index is 891. The minimum Gasteiger partial charge on any atom is -0.484 e. The highest BCUT2D eigenvalue weighted by Gasteiger charge is 2.15. The number of aromatic amines is 1. The Kier molecular flexibility index (Phi) is 7.48. The fourth-order valence-corrected chi connectivity index (χ4v) is 3.14. The molecule has 1 atom stereocenters. The number of rotatable bonds is 10. The largest absolute Gasteiger partial charge is 0.484 e. The molecule has 0 aliphatic rings. The quantitative estimate of drug-likeness (QED) is 0.490. The van der Waals surface area contributed by atoms with Crippen molar-refractivity contribution >= 4 is 11.6 Å². The standard InChI is InChI=1S/C22H23ClN4O/c23-19-9-8-18(14-24)22(13-19)28-21(17-5-2-1-3-6-17)7-4-11-25-12-10-20-15-26-16-27-20/h1-3,5-6,8-9,13,15-16,21,25H,4,7,10-12H2,(H,26,27)/t21-/m1/s1. The van der Waals surface area contributed by atoms with Crippen LogP contribution in [0.4, 0.5) is 0 Å². The summed E-state index contributed by atoms with van der Waals surface area (Å²) in [5.74, 6) is 0.524. The molecular weight excluding hydrogens is 372 g/mol. The van der Waals surface area contributed by atoms with Crippen molar-refractivity contribution in [2.75, 3.05) is 13.1 Å². The van der Waals surface area contributed by atoms with Crippen molar-refractivity contribution in [3.8, 4) is 11.8 Å². The Morgan fingerprint density at radius 2 is 2.04 bits per heavy atom. The average Bonchev–Trinajstić information content (AvgIpc) is 3.24. The lowest BCUT2D eigenvalue weighted by atomic mass is 10.0. The summed E-state index contributed by atoms with van der Waals surface area (Å²) in [6.45, 7) is 1.79. The molecule has 3 aromatic rings. The van der Waals surface area contributed by atoms with E-state index in [-0.39, 0.29) is 6.10 Å². The molecule has 0 amide bonds. The van der Waals surface area contributed by atoms with Crippen molar-refractivity contribution in [1.29, 1.82) is 5.26 Å². The molecule has 6 heteroatoms. The first kappa shape index (κ1) is 19.9. The van der Waals surface area contributed by atoms with Gasteiger partial charge in [-0.05, 0) is 37.1 Å². The number of aromatic nitrogens is 2. The molecule has 0 aliphatic carbocycles. The van der Waals surface area contributed by atoms with Crippen LogP contribution in [0.1, 0.15) is 35.8 Å². The van der Waals surface area contributed by atoms with Gasteiger partial charge in [-0.25, -0.2) is 4.98 Å². The van der Waals surface area contributed by atoms with Crippen LogP contribution >= 0.6 is 11.6 Å². The zero-order chi connectivity index (χ0) is 19.6. The van der Waals surface area contributed by atoms with Crippen LogP contribution in [0.15, 0.2) is 61.1 Å². The van der Waals surface area contributed by atoms with E-state index in [9.17, 15) is 5.26 Å². The van der Waals surface area contributed by atoms with Crippen LogP contribution < -0.4 is 10.1 Å². The van der Waals surface area contributed by atoms with Crippen LogP contribution in [0, 0.1) is 11.3 Å². The van der Waals surface area contributed by atoms with Gasteiger partial charge in [-0.1, -0.05) is 41.9 Å². The lowest BCUT2D eigenvalue weighted by Crippen LogP contribution is -2.20. The molecule has 0 fully saturated rings. The van der Waals surface area contributed by atoms with Crippen molar-refractivity contribution in [2.24, 2.45) is 0 Å². The Morgan fingerprint density at radius 1 is 1.18 bits per heavy atom. The van der Waals surface area contributed by atoms with Gasteiger partial charge in [0, 0.05) is 35.9 Å². The molecule has 0 saturated carbocycles. The number of hydrogen-bond acceptors (Lipinski definition) is 4. The molecule has 3 rings (SSSR count). The van der Waals surface area contributed by atoms with Gasteiger partial charge in [-0.15, -0.1) is 0 Å². The average molecular weight is 395 g/mol. The van der Waals surface area contributed by atoms with Crippen LogP contribution in [0.25, 0.3) is 0 Å². The predicted molar refractivity (Wildman–Crippen MR) is 110 cm³/mol. The Balaban J connectivity index is 1.57. The van der Waals surface area contributed by atoms with E-state index in [1.54, 1.807) is 24.5 Å². The van der Waals surface area contributed by atoms with Crippen LogP contribution in [-0.2, 0) is 6.42 Å². The minimum absolute atomic E-state index is 0.138. The number of H-pyrrole nitrogens is 1. The van der Waals surface area contributed by atoms with Crippen LogP contribution in [0.3, 0.4) is 0 Å². The van der Waals surface area contributed by atoms with Gasteiger partial charge in [-0.3, -0.25) is 0 Å². The zero-order valence-electron chi connectivity index (χ0n) is 15.6. The molecule has 0 aliphatic heterocycles. The number of hydrogen-bond donors (Lipinski definition) is 2. The van der Waals surface area contributed by atoms with Gasteiger partial charge >= 0.3 is 0 Å². The molecule has 2 N–H and O–H groups in total. The molecule has 144 valence electrons. The number of nitriles is 1. The summed E-state index contributed by atoms with van der Waals surface area (Å²) in [7, 11) is 0. The molecule has 1 heterocycles. The molecule has 0 unspecified atom stereocenters. The molecular formula is C22H23ClN4O. The summed E-state index contributed by atoms with van der Waals surface area (Å²) in [5, 5.41) is 13.4. The van der Waals surface area contributed by atoms with Crippen molar-refractivity contribution in [3.05, 3.63) is 82.9 Å². The third-order valence-corrected chi connectivity index (χ3v) is 4.69. The highest BCUT2D eigenvalue weighted by atomic mass is 35.5. The van der Waals surface area contributed by atoms with Crippen molar-refractivity contribution in [3.63, 3.8) is 0 Å². The maximum atomic E-state index is 9.35. The zero-order valence-corrected chi connectivity index (χ0v) is 16.3. The number of nitrogens with one attached hydrogen (secondary N) is 2. The van der Waals surface area contributed by atoms with Gasteiger partial charge in [0.2, 0.25) is 0 Å². The summed E-state index contributed by atoms with van der Waals surface area (Å²) >= 11 is 6.10. The van der Waals surface area contributed by atoms with E-state index in [0.29, 0.717) is 16.3 Å². The molecule has 2 aromatic carbocycles. The van der Waals surface area contributed by atoms with Crippen LogP contribution in [-0.4, -0.2) is 23.1 Å². The second-order valence-corrected chi connectivity index (χ2v) is 6.92. The first-order valence-electron chi connectivity index (χ1n) is 9.35. The van der Waals surface area contributed by atoms with Crippen molar-refractivity contribution in [2.45, 2.75) is 25.4 Å².